The number of hydrogen-bond acceptors (Lipinski definition) is 6. The van der Waals surface area contributed by atoms with Crippen LogP contribution in [0.15, 0.2) is 42.6 Å². The molecule has 0 aliphatic carbocycles. The number of benzene rings is 1. The molecule has 7 nitrogen and oxygen atoms in total. The number of aromatic nitrogens is 2. The topological polar surface area (TPSA) is 98.6 Å². The maximum Gasteiger partial charge on any atom is 0.447 e. The molecule has 106 valence electrons. The maximum absolute atomic E-state index is 10.6. The van der Waals surface area contributed by atoms with E-state index in [2.05, 4.69) is 14.2 Å². The lowest BCUT2D eigenvalue weighted by molar-refractivity contribution is 0.205. The van der Waals surface area contributed by atoms with Crippen LogP contribution in [0.4, 0.5) is 0 Å². The van der Waals surface area contributed by atoms with E-state index in [0.29, 0.717) is 0 Å². The second-order valence-electron chi connectivity index (χ2n) is 3.86. The van der Waals surface area contributed by atoms with E-state index < -0.39 is 10.4 Å². The van der Waals surface area contributed by atoms with Crippen molar-refractivity contribution in [1.29, 1.82) is 0 Å². The Morgan fingerprint density at radius 3 is 2.55 bits per heavy atom. The molecular formula is C12H12N2O5S. The van der Waals surface area contributed by atoms with E-state index in [1.807, 2.05) is 30.3 Å². The van der Waals surface area contributed by atoms with Gasteiger partial charge in [-0.05, 0) is 12.5 Å². The fraction of sp³-hybridized carbons (Fsp3) is 0.167. The zero-order valence-electron chi connectivity index (χ0n) is 10.5. The van der Waals surface area contributed by atoms with E-state index in [4.69, 9.17) is 9.29 Å². The standard InChI is InChI=1S/C12H12N2O5S/c1-9(10-5-3-2-4-6-10)18-12-13-8-7-11(14-12)19-20(15,16)17/h2-9H,1H3,(H,15,16,17). The summed E-state index contributed by atoms with van der Waals surface area (Å²) in [5, 5.41) is 0. The van der Waals surface area contributed by atoms with Crippen LogP contribution in [0.3, 0.4) is 0 Å². The largest absolute Gasteiger partial charge is 0.455 e. The van der Waals surface area contributed by atoms with Crippen LogP contribution < -0.4 is 8.92 Å². The summed E-state index contributed by atoms with van der Waals surface area (Å²) >= 11 is 0. The summed E-state index contributed by atoms with van der Waals surface area (Å²) in [5.41, 5.74) is 0.914. The highest BCUT2D eigenvalue weighted by molar-refractivity contribution is 7.81. The van der Waals surface area contributed by atoms with Crippen molar-refractivity contribution in [2.45, 2.75) is 13.0 Å². The summed E-state index contributed by atoms with van der Waals surface area (Å²) in [6, 6.07) is 10.5. The van der Waals surface area contributed by atoms with Gasteiger partial charge in [-0.15, -0.1) is 0 Å². The first-order valence-electron chi connectivity index (χ1n) is 5.65. The van der Waals surface area contributed by atoms with Gasteiger partial charge in [0.15, 0.2) is 0 Å². The van der Waals surface area contributed by atoms with Crippen LogP contribution in [0, 0.1) is 0 Å². The van der Waals surface area contributed by atoms with E-state index in [1.54, 1.807) is 6.92 Å². The van der Waals surface area contributed by atoms with Gasteiger partial charge < -0.3 is 8.92 Å². The molecule has 0 radical (unpaired) electrons. The van der Waals surface area contributed by atoms with Crippen molar-refractivity contribution in [3.63, 3.8) is 0 Å². The Labute approximate surface area is 116 Å². The van der Waals surface area contributed by atoms with Crippen molar-refractivity contribution in [3.05, 3.63) is 48.2 Å². The zero-order chi connectivity index (χ0) is 14.6. The van der Waals surface area contributed by atoms with E-state index in [0.717, 1.165) is 5.56 Å². The minimum atomic E-state index is -4.62. The van der Waals surface area contributed by atoms with Gasteiger partial charge in [0, 0.05) is 12.3 Å². The van der Waals surface area contributed by atoms with Gasteiger partial charge in [-0.3, -0.25) is 4.55 Å². The number of nitrogens with zero attached hydrogens (tertiary/aromatic N) is 2. The first-order valence-corrected chi connectivity index (χ1v) is 7.02. The van der Waals surface area contributed by atoms with Crippen LogP contribution in [-0.4, -0.2) is 22.9 Å². The highest BCUT2D eigenvalue weighted by atomic mass is 32.3. The molecule has 0 aliphatic heterocycles. The second-order valence-corrected chi connectivity index (χ2v) is 4.88. The van der Waals surface area contributed by atoms with E-state index >= 15 is 0 Å². The summed E-state index contributed by atoms with van der Waals surface area (Å²) in [4.78, 5) is 7.57. The third-order valence-corrected chi connectivity index (χ3v) is 2.73. The highest BCUT2D eigenvalue weighted by Crippen LogP contribution is 2.20. The van der Waals surface area contributed by atoms with Gasteiger partial charge in [-0.1, -0.05) is 30.3 Å². The fourth-order valence-electron chi connectivity index (χ4n) is 1.49. The van der Waals surface area contributed by atoms with Crippen LogP contribution in [0.1, 0.15) is 18.6 Å². The third-order valence-electron chi connectivity index (χ3n) is 2.35. The lowest BCUT2D eigenvalue weighted by atomic mass is 10.1. The minimum Gasteiger partial charge on any atom is -0.455 e. The second kappa shape index (κ2) is 5.85. The summed E-state index contributed by atoms with van der Waals surface area (Å²) in [6.45, 7) is 1.80. The maximum atomic E-state index is 10.6. The highest BCUT2D eigenvalue weighted by Gasteiger charge is 2.12. The molecule has 2 aromatic rings. The Hall–Kier alpha value is -2.19. The molecule has 0 spiro atoms. The number of ether oxygens (including phenoxy) is 1. The Balaban J connectivity index is 2.12. The van der Waals surface area contributed by atoms with Gasteiger partial charge >= 0.3 is 16.4 Å². The molecular weight excluding hydrogens is 284 g/mol. The van der Waals surface area contributed by atoms with E-state index in [-0.39, 0.29) is 18.0 Å². The average Bonchev–Trinajstić information content (AvgIpc) is 2.38. The molecule has 1 N–H and O–H groups in total. The predicted molar refractivity (Wildman–Crippen MR) is 69.7 cm³/mol. The Morgan fingerprint density at radius 2 is 1.90 bits per heavy atom. The zero-order valence-corrected chi connectivity index (χ0v) is 11.3. The van der Waals surface area contributed by atoms with Gasteiger partial charge in [0.1, 0.15) is 6.10 Å². The monoisotopic (exact) mass is 296 g/mol. The van der Waals surface area contributed by atoms with Crippen LogP contribution in [0.5, 0.6) is 11.9 Å². The molecule has 8 heteroatoms. The molecule has 1 heterocycles. The van der Waals surface area contributed by atoms with Crippen molar-refractivity contribution in [1.82, 2.24) is 9.97 Å². The molecule has 1 atom stereocenters. The molecule has 0 amide bonds. The SMILES string of the molecule is CC(Oc1nccc(OS(=O)(=O)O)n1)c1ccccc1. The van der Waals surface area contributed by atoms with Crippen LogP contribution in [0.25, 0.3) is 0 Å². The van der Waals surface area contributed by atoms with Crippen molar-refractivity contribution < 1.29 is 21.9 Å². The lowest BCUT2D eigenvalue weighted by Crippen LogP contribution is -2.10. The lowest BCUT2D eigenvalue weighted by Gasteiger charge is -2.13. The normalized spacial score (nSPS) is 12.7. The fourth-order valence-corrected chi connectivity index (χ4v) is 1.80. The Bertz CT molecular complexity index is 675. The van der Waals surface area contributed by atoms with Crippen LogP contribution in [0.2, 0.25) is 0 Å². The molecule has 0 aliphatic rings. The molecule has 0 saturated carbocycles. The van der Waals surface area contributed by atoms with Crippen LogP contribution >= 0.6 is 0 Å². The summed E-state index contributed by atoms with van der Waals surface area (Å²) in [7, 11) is -4.62. The average molecular weight is 296 g/mol. The quantitative estimate of drug-likeness (QED) is 0.840. The molecule has 0 fully saturated rings. The van der Waals surface area contributed by atoms with Gasteiger partial charge in [0.2, 0.25) is 5.88 Å². The van der Waals surface area contributed by atoms with Gasteiger partial charge in [-0.2, -0.15) is 13.4 Å². The van der Waals surface area contributed by atoms with Crippen molar-refractivity contribution in [2.24, 2.45) is 0 Å². The molecule has 20 heavy (non-hydrogen) atoms. The molecule has 1 aromatic heterocycles. The first kappa shape index (κ1) is 14.2. The predicted octanol–water partition coefficient (Wildman–Crippen LogP) is 1.80. The van der Waals surface area contributed by atoms with E-state index in [9.17, 15) is 8.42 Å². The molecule has 1 aromatic carbocycles. The van der Waals surface area contributed by atoms with Gasteiger partial charge in [0.05, 0.1) is 0 Å². The van der Waals surface area contributed by atoms with Crippen LogP contribution in [-0.2, 0) is 10.4 Å². The smallest absolute Gasteiger partial charge is 0.447 e. The third kappa shape index (κ3) is 4.18. The first-order chi connectivity index (χ1) is 9.44. The van der Waals surface area contributed by atoms with Crippen molar-refractivity contribution in [3.8, 4) is 11.9 Å². The minimum absolute atomic E-state index is 0.0532. The van der Waals surface area contributed by atoms with Gasteiger partial charge in [-0.25, -0.2) is 4.98 Å². The molecule has 2 rings (SSSR count). The Kier molecular flexibility index (Phi) is 4.16. The summed E-state index contributed by atoms with van der Waals surface area (Å²) in [5.74, 6) is -0.322. The van der Waals surface area contributed by atoms with Crippen molar-refractivity contribution >= 4 is 10.4 Å². The molecule has 0 bridgehead atoms. The number of rotatable bonds is 5. The van der Waals surface area contributed by atoms with Crippen molar-refractivity contribution in [2.75, 3.05) is 0 Å². The number of hydrogen-bond donors (Lipinski definition) is 1. The van der Waals surface area contributed by atoms with Gasteiger partial charge in [0.25, 0.3) is 0 Å². The molecule has 0 saturated heterocycles. The Morgan fingerprint density at radius 1 is 1.20 bits per heavy atom. The summed E-state index contributed by atoms with van der Waals surface area (Å²) < 4.78 is 39.4. The molecule has 1 unspecified atom stereocenters. The summed E-state index contributed by atoms with van der Waals surface area (Å²) in [6.07, 6.45) is 0.942. The van der Waals surface area contributed by atoms with E-state index in [1.165, 1.54) is 12.3 Å².